The number of hydrogen-bond acceptors (Lipinski definition) is 5. The molecule has 1 heterocycles. The van der Waals surface area contributed by atoms with Crippen LogP contribution in [0.5, 0.6) is 5.75 Å². The first-order valence-electron chi connectivity index (χ1n) is 9.83. The Labute approximate surface area is 167 Å². The maximum Gasteiger partial charge on any atom is 0.179 e. The van der Waals surface area contributed by atoms with Crippen LogP contribution >= 0.6 is 0 Å². The second-order valence-corrected chi connectivity index (χ2v) is 9.85. The third-order valence-corrected chi connectivity index (χ3v) is 8.11. The molecule has 6 heteroatoms. The highest BCUT2D eigenvalue weighted by Crippen LogP contribution is 2.49. The van der Waals surface area contributed by atoms with Gasteiger partial charge in [0.2, 0.25) is 0 Å². The van der Waals surface area contributed by atoms with Gasteiger partial charge in [-0.1, -0.05) is 38.8 Å². The molecule has 0 saturated heterocycles. The summed E-state index contributed by atoms with van der Waals surface area (Å²) >= 11 is 0. The maximum atomic E-state index is 13.3. The second-order valence-electron chi connectivity index (χ2n) is 7.89. The highest BCUT2D eigenvalue weighted by molar-refractivity contribution is 7.91. The number of nitrogen functional groups attached to an aromatic ring is 1. The van der Waals surface area contributed by atoms with Gasteiger partial charge in [0.05, 0.1) is 16.8 Å². The van der Waals surface area contributed by atoms with Crippen molar-refractivity contribution in [1.29, 1.82) is 0 Å². The molecule has 0 amide bonds. The fourth-order valence-electron chi connectivity index (χ4n) is 4.44. The van der Waals surface area contributed by atoms with Crippen LogP contribution in [0.3, 0.4) is 0 Å². The summed E-state index contributed by atoms with van der Waals surface area (Å²) in [6, 6.07) is 11.4. The van der Waals surface area contributed by atoms with Crippen LogP contribution in [0.4, 0.5) is 5.69 Å². The third-order valence-electron chi connectivity index (χ3n) is 6.11. The lowest BCUT2D eigenvalue weighted by Crippen LogP contribution is -2.42. The number of aliphatic hydroxyl groups excluding tert-OH is 1. The second kappa shape index (κ2) is 7.76. The van der Waals surface area contributed by atoms with Crippen LogP contribution in [0.25, 0.3) is 0 Å². The number of phenols is 1. The van der Waals surface area contributed by atoms with Crippen molar-refractivity contribution in [2.75, 3.05) is 11.5 Å². The van der Waals surface area contributed by atoms with Crippen molar-refractivity contribution in [3.05, 3.63) is 53.6 Å². The molecule has 0 aliphatic carbocycles. The van der Waals surface area contributed by atoms with Crippen LogP contribution in [0.15, 0.2) is 47.4 Å². The van der Waals surface area contributed by atoms with E-state index in [1.54, 1.807) is 42.5 Å². The summed E-state index contributed by atoms with van der Waals surface area (Å²) in [6.07, 6.45) is 2.09. The van der Waals surface area contributed by atoms with Crippen molar-refractivity contribution in [2.45, 2.75) is 56.4 Å². The molecule has 0 fully saturated rings. The van der Waals surface area contributed by atoms with E-state index in [4.69, 9.17) is 5.73 Å². The van der Waals surface area contributed by atoms with Crippen molar-refractivity contribution in [1.82, 2.24) is 0 Å². The van der Waals surface area contributed by atoms with Gasteiger partial charge in [-0.25, -0.2) is 8.42 Å². The lowest BCUT2D eigenvalue weighted by atomic mass is 9.69. The molecule has 1 aliphatic heterocycles. The summed E-state index contributed by atoms with van der Waals surface area (Å²) in [5, 5.41) is 21.3. The number of phenolic OH excluding ortho intramolecular Hbond substituents is 1. The number of unbranched alkanes of at least 4 members (excludes halogenated alkanes) is 1. The molecule has 2 aromatic rings. The molecule has 3 rings (SSSR count). The van der Waals surface area contributed by atoms with Gasteiger partial charge in [0, 0.05) is 17.0 Å². The molecule has 0 saturated carbocycles. The molecule has 0 aromatic heterocycles. The lowest BCUT2D eigenvalue weighted by Gasteiger charge is -2.39. The van der Waals surface area contributed by atoms with Crippen LogP contribution in [0.1, 0.15) is 56.6 Å². The molecule has 2 aromatic carbocycles. The minimum Gasteiger partial charge on any atom is -0.508 e. The monoisotopic (exact) mass is 403 g/mol. The van der Waals surface area contributed by atoms with Crippen molar-refractivity contribution in [3.8, 4) is 5.75 Å². The average molecular weight is 404 g/mol. The Balaban J connectivity index is 2.28. The molecule has 0 radical (unpaired) electrons. The summed E-state index contributed by atoms with van der Waals surface area (Å²) in [4.78, 5) is 0.241. The number of hydrogen-bond donors (Lipinski definition) is 3. The van der Waals surface area contributed by atoms with E-state index in [1.165, 1.54) is 0 Å². The number of aromatic hydroxyl groups is 1. The van der Waals surface area contributed by atoms with Crippen molar-refractivity contribution in [3.63, 3.8) is 0 Å². The number of rotatable bonds is 5. The van der Waals surface area contributed by atoms with Gasteiger partial charge >= 0.3 is 0 Å². The lowest BCUT2D eigenvalue weighted by molar-refractivity contribution is 0.0174. The van der Waals surface area contributed by atoms with Crippen LogP contribution < -0.4 is 5.73 Å². The Morgan fingerprint density at radius 1 is 1.14 bits per heavy atom. The van der Waals surface area contributed by atoms with E-state index in [1.807, 2.05) is 6.92 Å². The fraction of sp³-hybridized carbons (Fsp3) is 0.455. The normalized spacial score (nSPS) is 26.4. The van der Waals surface area contributed by atoms with Gasteiger partial charge < -0.3 is 15.9 Å². The van der Waals surface area contributed by atoms with Gasteiger partial charge in [-0.05, 0) is 54.3 Å². The number of sulfone groups is 1. The van der Waals surface area contributed by atoms with Crippen molar-refractivity contribution < 1.29 is 18.6 Å². The van der Waals surface area contributed by atoms with Crippen LogP contribution in [-0.2, 0) is 9.84 Å². The van der Waals surface area contributed by atoms with E-state index in [2.05, 4.69) is 6.92 Å². The first-order valence-corrected chi connectivity index (χ1v) is 11.5. The van der Waals surface area contributed by atoms with E-state index in [0.29, 0.717) is 24.1 Å². The number of benzene rings is 2. The van der Waals surface area contributed by atoms with Gasteiger partial charge in [0.25, 0.3) is 0 Å². The van der Waals surface area contributed by atoms with E-state index < -0.39 is 27.3 Å². The van der Waals surface area contributed by atoms with Gasteiger partial charge in [-0.3, -0.25) is 0 Å². The number of nitrogens with two attached hydrogens (primary N) is 1. The first-order chi connectivity index (χ1) is 13.2. The quantitative estimate of drug-likeness (QED) is 0.659. The Morgan fingerprint density at radius 2 is 1.82 bits per heavy atom. The predicted octanol–water partition coefficient (Wildman–Crippen LogP) is 3.84. The zero-order valence-corrected chi connectivity index (χ0v) is 17.2. The molecular formula is C22H29NO4S. The highest BCUT2D eigenvalue weighted by Gasteiger charge is 2.48. The largest absolute Gasteiger partial charge is 0.508 e. The van der Waals surface area contributed by atoms with Crippen LogP contribution in [0.2, 0.25) is 0 Å². The van der Waals surface area contributed by atoms with Gasteiger partial charge in [0.1, 0.15) is 5.75 Å². The van der Waals surface area contributed by atoms with Crippen molar-refractivity contribution in [2.24, 2.45) is 5.41 Å². The molecule has 0 spiro atoms. The summed E-state index contributed by atoms with van der Waals surface area (Å²) in [7, 11) is -3.59. The fourth-order valence-corrected chi connectivity index (χ4v) is 6.69. The molecule has 5 nitrogen and oxygen atoms in total. The standard InChI is InChI=1S/C22H29NO4S/c1-3-5-12-22(4-2)14-28(26,27)19-11-8-16(23)13-18(19)20(21(22)25)15-6-9-17(24)10-7-15/h6-11,13,20-21,24-25H,3-5,12,14,23H2,1-2H3/t20-,21-,22+/m1/s1. The Hall–Kier alpha value is -2.05. The molecular weight excluding hydrogens is 374 g/mol. The summed E-state index contributed by atoms with van der Waals surface area (Å²) in [6.45, 7) is 4.01. The number of fused-ring (bicyclic) bond motifs is 1. The molecule has 4 N–H and O–H groups in total. The Morgan fingerprint density at radius 3 is 2.43 bits per heavy atom. The molecule has 0 unspecified atom stereocenters. The van der Waals surface area contributed by atoms with Crippen molar-refractivity contribution >= 4 is 15.5 Å². The van der Waals surface area contributed by atoms with E-state index in [9.17, 15) is 18.6 Å². The molecule has 152 valence electrons. The van der Waals surface area contributed by atoms with E-state index >= 15 is 0 Å². The first kappa shape index (κ1) is 20.7. The zero-order valence-electron chi connectivity index (χ0n) is 16.4. The smallest absolute Gasteiger partial charge is 0.179 e. The van der Waals surface area contributed by atoms with Gasteiger partial charge in [0.15, 0.2) is 9.84 Å². The SMILES string of the molecule is CCCC[C@@]1(CC)CS(=O)(=O)c2ccc(N)cc2[C@@H](c2ccc(O)cc2)[C@H]1O. The minimum absolute atomic E-state index is 0.0802. The predicted molar refractivity (Wildman–Crippen MR) is 111 cm³/mol. The summed E-state index contributed by atoms with van der Waals surface area (Å²) in [5.74, 6) is -0.489. The van der Waals surface area contributed by atoms with Gasteiger partial charge in [-0.2, -0.15) is 0 Å². The number of anilines is 1. The Bertz CT molecular complexity index is 940. The topological polar surface area (TPSA) is 101 Å². The Kier molecular flexibility index (Phi) is 5.73. The average Bonchev–Trinajstić information content (AvgIpc) is 2.72. The molecule has 0 bridgehead atoms. The third kappa shape index (κ3) is 3.63. The number of aliphatic hydroxyl groups is 1. The molecule has 28 heavy (non-hydrogen) atoms. The summed E-state index contributed by atoms with van der Waals surface area (Å²) in [5.41, 5.74) is 7.01. The van der Waals surface area contributed by atoms with Crippen LogP contribution in [-0.4, -0.2) is 30.5 Å². The maximum absolute atomic E-state index is 13.3. The zero-order chi connectivity index (χ0) is 20.5. The van der Waals surface area contributed by atoms with Crippen LogP contribution in [0, 0.1) is 5.41 Å². The van der Waals surface area contributed by atoms with E-state index in [0.717, 1.165) is 18.4 Å². The summed E-state index contributed by atoms with van der Waals surface area (Å²) < 4.78 is 26.7. The highest BCUT2D eigenvalue weighted by atomic mass is 32.2. The molecule has 1 aliphatic rings. The minimum atomic E-state index is -3.59. The van der Waals surface area contributed by atoms with Gasteiger partial charge in [-0.15, -0.1) is 0 Å². The van der Waals surface area contributed by atoms with E-state index in [-0.39, 0.29) is 16.4 Å². The molecule has 3 atom stereocenters.